The van der Waals surface area contributed by atoms with Crippen LogP contribution in [-0.2, 0) is 15.1 Å². The van der Waals surface area contributed by atoms with Crippen LogP contribution in [0.3, 0.4) is 0 Å². The first-order valence-corrected chi connectivity index (χ1v) is 9.80. The number of benzene rings is 1. The summed E-state index contributed by atoms with van der Waals surface area (Å²) in [6.45, 7) is 8.32. The van der Waals surface area contributed by atoms with Gasteiger partial charge in [0.05, 0.1) is 0 Å². The quantitative estimate of drug-likeness (QED) is 0.515. The molecule has 0 spiro atoms. The van der Waals surface area contributed by atoms with Gasteiger partial charge in [-0.15, -0.1) is 0 Å². The molecular formula is C21H31N3O3. The summed E-state index contributed by atoms with van der Waals surface area (Å²) in [6, 6.07) is 7.14. The van der Waals surface area contributed by atoms with Crippen LogP contribution in [0.4, 0.5) is 4.79 Å². The molecule has 1 aliphatic rings. The van der Waals surface area contributed by atoms with Crippen LogP contribution in [0.1, 0.15) is 70.4 Å². The fourth-order valence-electron chi connectivity index (χ4n) is 3.22. The average Bonchev–Trinajstić information content (AvgIpc) is 2.85. The molecule has 1 fully saturated rings. The molecule has 27 heavy (non-hydrogen) atoms. The molecule has 0 saturated carbocycles. The van der Waals surface area contributed by atoms with Gasteiger partial charge in [0.1, 0.15) is 12.1 Å². The Balaban J connectivity index is 1.99. The molecule has 1 heterocycles. The van der Waals surface area contributed by atoms with Crippen molar-refractivity contribution in [1.29, 1.82) is 0 Å². The highest BCUT2D eigenvalue weighted by Crippen LogP contribution is 2.29. The van der Waals surface area contributed by atoms with Gasteiger partial charge in [0.2, 0.25) is 5.91 Å². The van der Waals surface area contributed by atoms with Crippen LogP contribution >= 0.6 is 0 Å². The lowest BCUT2D eigenvalue weighted by molar-refractivity contribution is -0.134. The van der Waals surface area contributed by atoms with Crippen molar-refractivity contribution in [3.63, 3.8) is 0 Å². The number of carbonyl (C=O) groups is 3. The second kappa shape index (κ2) is 9.02. The minimum Gasteiger partial charge on any atom is -0.355 e. The first-order chi connectivity index (χ1) is 12.8. The molecule has 0 unspecified atom stereocenters. The first-order valence-electron chi connectivity index (χ1n) is 9.80. The Hall–Kier alpha value is -2.37. The Morgan fingerprint density at radius 2 is 1.81 bits per heavy atom. The second-order valence-corrected chi connectivity index (χ2v) is 7.63. The van der Waals surface area contributed by atoms with Crippen LogP contribution < -0.4 is 10.6 Å². The molecular weight excluding hydrogens is 342 g/mol. The third kappa shape index (κ3) is 4.87. The second-order valence-electron chi connectivity index (χ2n) is 7.63. The van der Waals surface area contributed by atoms with Gasteiger partial charge >= 0.3 is 6.03 Å². The van der Waals surface area contributed by atoms with Crippen LogP contribution in [0.2, 0.25) is 0 Å². The first kappa shape index (κ1) is 20.9. The highest BCUT2D eigenvalue weighted by Gasteiger charge is 2.49. The van der Waals surface area contributed by atoms with Gasteiger partial charge < -0.3 is 10.6 Å². The van der Waals surface area contributed by atoms with Crippen LogP contribution in [0.25, 0.3) is 0 Å². The summed E-state index contributed by atoms with van der Waals surface area (Å²) in [7, 11) is 0. The predicted octanol–water partition coefficient (Wildman–Crippen LogP) is 3.27. The van der Waals surface area contributed by atoms with Gasteiger partial charge in [-0.2, -0.15) is 0 Å². The van der Waals surface area contributed by atoms with Crippen molar-refractivity contribution in [2.45, 2.75) is 64.8 Å². The Morgan fingerprint density at radius 1 is 1.15 bits per heavy atom. The van der Waals surface area contributed by atoms with Crippen molar-refractivity contribution in [2.24, 2.45) is 0 Å². The summed E-state index contributed by atoms with van der Waals surface area (Å²) >= 11 is 0. The third-order valence-corrected chi connectivity index (χ3v) is 5.08. The maximum absolute atomic E-state index is 12.9. The van der Waals surface area contributed by atoms with Gasteiger partial charge in [0.15, 0.2) is 0 Å². The Kier molecular flexibility index (Phi) is 6.99. The zero-order chi connectivity index (χ0) is 20.0. The summed E-state index contributed by atoms with van der Waals surface area (Å²) in [5.41, 5.74) is 0.736. The van der Waals surface area contributed by atoms with Gasteiger partial charge in [-0.1, -0.05) is 64.3 Å². The zero-order valence-electron chi connectivity index (χ0n) is 16.8. The molecule has 1 saturated heterocycles. The number of hydrogen-bond donors (Lipinski definition) is 2. The number of hydrogen-bond acceptors (Lipinski definition) is 3. The highest BCUT2D eigenvalue weighted by molar-refractivity contribution is 6.09. The monoisotopic (exact) mass is 373 g/mol. The van der Waals surface area contributed by atoms with Crippen molar-refractivity contribution in [2.75, 3.05) is 13.1 Å². The predicted molar refractivity (Wildman–Crippen MR) is 105 cm³/mol. The van der Waals surface area contributed by atoms with Gasteiger partial charge in [0, 0.05) is 6.54 Å². The van der Waals surface area contributed by atoms with E-state index in [-0.39, 0.29) is 12.5 Å². The Bertz CT molecular complexity index is 684. The Morgan fingerprint density at radius 3 is 2.41 bits per heavy atom. The van der Waals surface area contributed by atoms with E-state index in [4.69, 9.17) is 0 Å². The standard InChI is InChI=1S/C21H31N3O3/c1-5-6-7-8-13-22-18(25)14-24-19(26)21(4,23-20(24)27)17-11-9-16(10-12-17)15(2)3/h9-12,15H,5-8,13-14H2,1-4H3,(H,22,25)(H,23,27)/t21-/m1/s1. The van der Waals surface area contributed by atoms with E-state index in [0.29, 0.717) is 18.0 Å². The number of rotatable bonds is 9. The van der Waals surface area contributed by atoms with Crippen molar-refractivity contribution in [3.8, 4) is 0 Å². The van der Waals surface area contributed by atoms with E-state index < -0.39 is 17.5 Å². The molecule has 148 valence electrons. The maximum atomic E-state index is 12.9. The fraction of sp³-hybridized carbons (Fsp3) is 0.571. The highest BCUT2D eigenvalue weighted by atomic mass is 16.2. The SMILES string of the molecule is CCCCCCNC(=O)CN1C(=O)N[C@](C)(c2ccc(C(C)C)cc2)C1=O. The maximum Gasteiger partial charge on any atom is 0.325 e. The molecule has 0 bridgehead atoms. The lowest BCUT2D eigenvalue weighted by Crippen LogP contribution is -2.43. The van der Waals surface area contributed by atoms with E-state index in [9.17, 15) is 14.4 Å². The summed E-state index contributed by atoms with van der Waals surface area (Å²) < 4.78 is 0. The number of nitrogens with one attached hydrogen (secondary N) is 2. The van der Waals surface area contributed by atoms with Crippen LogP contribution in [0, 0.1) is 0 Å². The normalized spacial score (nSPS) is 19.5. The molecule has 2 rings (SSSR count). The summed E-state index contributed by atoms with van der Waals surface area (Å²) in [5, 5.41) is 5.53. The largest absolute Gasteiger partial charge is 0.355 e. The lowest BCUT2D eigenvalue weighted by Gasteiger charge is -2.22. The van der Waals surface area contributed by atoms with Gasteiger partial charge in [-0.05, 0) is 30.4 Å². The number of nitrogens with zero attached hydrogens (tertiary/aromatic N) is 1. The van der Waals surface area contributed by atoms with E-state index in [2.05, 4.69) is 31.4 Å². The van der Waals surface area contributed by atoms with E-state index >= 15 is 0 Å². The van der Waals surface area contributed by atoms with E-state index in [0.717, 1.165) is 30.6 Å². The van der Waals surface area contributed by atoms with Crippen LogP contribution in [-0.4, -0.2) is 35.8 Å². The van der Waals surface area contributed by atoms with Gasteiger partial charge in [-0.3, -0.25) is 14.5 Å². The number of unbranched alkanes of at least 4 members (excludes halogenated alkanes) is 3. The minimum absolute atomic E-state index is 0.252. The molecule has 0 aromatic heterocycles. The molecule has 6 heteroatoms. The van der Waals surface area contributed by atoms with E-state index in [1.165, 1.54) is 5.56 Å². The molecule has 1 aromatic carbocycles. The minimum atomic E-state index is -1.14. The number of urea groups is 1. The lowest BCUT2D eigenvalue weighted by atomic mass is 9.90. The molecule has 6 nitrogen and oxygen atoms in total. The Labute approximate surface area is 161 Å². The molecule has 4 amide bonds. The topological polar surface area (TPSA) is 78.5 Å². The van der Waals surface area contributed by atoms with E-state index in [1.807, 2.05) is 24.3 Å². The van der Waals surface area contributed by atoms with Crippen LogP contribution in [0.15, 0.2) is 24.3 Å². The zero-order valence-corrected chi connectivity index (χ0v) is 16.8. The fourth-order valence-corrected chi connectivity index (χ4v) is 3.22. The van der Waals surface area contributed by atoms with Crippen molar-refractivity contribution >= 4 is 17.8 Å². The smallest absolute Gasteiger partial charge is 0.325 e. The van der Waals surface area contributed by atoms with Gasteiger partial charge in [0.25, 0.3) is 5.91 Å². The van der Waals surface area contributed by atoms with Crippen molar-refractivity contribution < 1.29 is 14.4 Å². The summed E-state index contributed by atoms with van der Waals surface area (Å²) in [6.07, 6.45) is 4.23. The van der Waals surface area contributed by atoms with Crippen molar-refractivity contribution in [3.05, 3.63) is 35.4 Å². The van der Waals surface area contributed by atoms with Crippen molar-refractivity contribution in [1.82, 2.24) is 15.5 Å². The van der Waals surface area contributed by atoms with Crippen LogP contribution in [0.5, 0.6) is 0 Å². The summed E-state index contributed by atoms with van der Waals surface area (Å²) in [5.74, 6) is -0.321. The molecule has 0 aliphatic carbocycles. The number of amides is 4. The molecule has 1 atom stereocenters. The number of imide groups is 1. The third-order valence-electron chi connectivity index (χ3n) is 5.08. The van der Waals surface area contributed by atoms with E-state index in [1.54, 1.807) is 6.92 Å². The van der Waals surface area contributed by atoms with Gasteiger partial charge in [-0.25, -0.2) is 4.79 Å². The number of carbonyl (C=O) groups excluding carboxylic acids is 3. The summed E-state index contributed by atoms with van der Waals surface area (Å²) in [4.78, 5) is 38.3. The molecule has 0 radical (unpaired) electrons. The molecule has 1 aromatic rings. The molecule has 1 aliphatic heterocycles. The molecule has 2 N–H and O–H groups in total. The average molecular weight is 373 g/mol.